The normalized spacial score (nSPS) is 11.7. The van der Waals surface area contributed by atoms with Crippen LogP contribution in [0.15, 0.2) is 4.99 Å². The summed E-state index contributed by atoms with van der Waals surface area (Å²) in [6.45, 7) is 1.06. The highest BCUT2D eigenvalue weighted by Gasteiger charge is 1.95. The van der Waals surface area contributed by atoms with Gasteiger partial charge in [0.1, 0.15) is 0 Å². The maximum Gasteiger partial charge on any atom is 0.163 e. The van der Waals surface area contributed by atoms with E-state index in [1.165, 1.54) is 6.42 Å². The molecule has 0 aromatic heterocycles. The Morgan fingerprint density at radius 3 is 2.67 bits per heavy atom. The molecule has 0 aliphatic heterocycles. The number of aliphatic imine (C=N–C) groups is 1. The van der Waals surface area contributed by atoms with Crippen LogP contribution in [0, 0.1) is 0 Å². The molecule has 0 aromatic carbocycles. The molecule has 0 spiro atoms. The number of hydrogen-bond acceptors (Lipinski definition) is 3. The number of nitrogens with one attached hydrogen (secondary N) is 1. The SMILES string of the molecule is CN=C(C=O)CCCCCNC. The van der Waals surface area contributed by atoms with E-state index in [-0.39, 0.29) is 0 Å². The first-order valence-corrected chi connectivity index (χ1v) is 4.40. The predicted octanol–water partition coefficient (Wildman–Crippen LogP) is 1.04. The third kappa shape index (κ3) is 6.04. The first-order valence-electron chi connectivity index (χ1n) is 4.40. The van der Waals surface area contributed by atoms with Crippen LogP contribution in [0.5, 0.6) is 0 Å². The molecular formula is C9H18N2O. The molecule has 0 bridgehead atoms. The van der Waals surface area contributed by atoms with Crippen LogP contribution in [0.4, 0.5) is 0 Å². The fourth-order valence-corrected chi connectivity index (χ4v) is 1.01. The van der Waals surface area contributed by atoms with E-state index < -0.39 is 0 Å². The van der Waals surface area contributed by atoms with E-state index in [0.29, 0.717) is 5.71 Å². The van der Waals surface area contributed by atoms with E-state index in [1.807, 2.05) is 7.05 Å². The van der Waals surface area contributed by atoms with E-state index in [0.717, 1.165) is 32.1 Å². The minimum absolute atomic E-state index is 0.680. The fourth-order valence-electron chi connectivity index (χ4n) is 1.01. The van der Waals surface area contributed by atoms with Gasteiger partial charge in [0.2, 0.25) is 0 Å². The molecule has 12 heavy (non-hydrogen) atoms. The summed E-state index contributed by atoms with van der Waals surface area (Å²) in [6.07, 6.45) is 5.06. The molecule has 3 heteroatoms. The summed E-state index contributed by atoms with van der Waals surface area (Å²) in [5, 5.41) is 3.08. The van der Waals surface area contributed by atoms with Crippen molar-refractivity contribution < 1.29 is 4.79 Å². The number of carbonyl (C=O) groups excluding carboxylic acids is 1. The maximum absolute atomic E-state index is 10.3. The van der Waals surface area contributed by atoms with E-state index in [1.54, 1.807) is 7.05 Å². The van der Waals surface area contributed by atoms with Gasteiger partial charge in [-0.05, 0) is 32.9 Å². The van der Waals surface area contributed by atoms with Gasteiger partial charge in [0.15, 0.2) is 6.29 Å². The number of unbranched alkanes of at least 4 members (excludes halogenated alkanes) is 2. The van der Waals surface area contributed by atoms with E-state index in [4.69, 9.17) is 0 Å². The van der Waals surface area contributed by atoms with Crippen molar-refractivity contribution in [3.8, 4) is 0 Å². The predicted molar refractivity (Wildman–Crippen MR) is 51.8 cm³/mol. The largest absolute Gasteiger partial charge is 0.320 e. The van der Waals surface area contributed by atoms with Crippen molar-refractivity contribution in [1.29, 1.82) is 0 Å². The summed E-state index contributed by atoms with van der Waals surface area (Å²) in [4.78, 5) is 14.2. The quantitative estimate of drug-likeness (QED) is 0.352. The van der Waals surface area contributed by atoms with Gasteiger partial charge in [0.05, 0.1) is 5.71 Å². The summed E-state index contributed by atoms with van der Waals surface area (Å²) in [5.41, 5.74) is 0.680. The zero-order chi connectivity index (χ0) is 9.23. The van der Waals surface area contributed by atoms with Crippen molar-refractivity contribution in [3.05, 3.63) is 0 Å². The number of hydrogen-bond donors (Lipinski definition) is 1. The van der Waals surface area contributed by atoms with Gasteiger partial charge in [0, 0.05) is 7.05 Å². The van der Waals surface area contributed by atoms with E-state index in [2.05, 4.69) is 10.3 Å². The van der Waals surface area contributed by atoms with Crippen LogP contribution in [0.3, 0.4) is 0 Å². The lowest BCUT2D eigenvalue weighted by molar-refractivity contribution is -0.102. The van der Waals surface area contributed by atoms with Crippen LogP contribution in [-0.2, 0) is 4.79 Å². The van der Waals surface area contributed by atoms with Crippen LogP contribution in [-0.4, -0.2) is 32.6 Å². The average Bonchev–Trinajstić information content (AvgIpc) is 2.11. The highest BCUT2D eigenvalue weighted by molar-refractivity contribution is 6.28. The molecular weight excluding hydrogens is 152 g/mol. The van der Waals surface area contributed by atoms with Crippen molar-refractivity contribution >= 4 is 12.0 Å². The van der Waals surface area contributed by atoms with Gasteiger partial charge in [-0.2, -0.15) is 0 Å². The highest BCUT2D eigenvalue weighted by Crippen LogP contribution is 1.99. The molecule has 0 aliphatic rings. The molecule has 3 nitrogen and oxygen atoms in total. The Kier molecular flexibility index (Phi) is 7.91. The monoisotopic (exact) mass is 170 g/mol. The molecule has 0 aromatic rings. The molecule has 0 aliphatic carbocycles. The summed E-state index contributed by atoms with van der Waals surface area (Å²) >= 11 is 0. The van der Waals surface area contributed by atoms with Crippen molar-refractivity contribution in [2.45, 2.75) is 25.7 Å². The Hall–Kier alpha value is -0.700. The van der Waals surface area contributed by atoms with Crippen LogP contribution in [0.2, 0.25) is 0 Å². The molecule has 0 fully saturated rings. The Morgan fingerprint density at radius 1 is 1.42 bits per heavy atom. The first-order chi connectivity index (χ1) is 5.85. The van der Waals surface area contributed by atoms with Crippen LogP contribution < -0.4 is 5.32 Å². The Balaban J connectivity index is 3.24. The van der Waals surface area contributed by atoms with Gasteiger partial charge >= 0.3 is 0 Å². The van der Waals surface area contributed by atoms with Gasteiger partial charge in [-0.25, -0.2) is 0 Å². The standard InChI is InChI=1S/C9H18N2O/c1-10-7-5-3-4-6-9(8-12)11-2/h8,10H,3-7H2,1-2H3. The minimum Gasteiger partial charge on any atom is -0.320 e. The molecule has 1 N–H and O–H groups in total. The lowest BCUT2D eigenvalue weighted by Gasteiger charge is -1.99. The van der Waals surface area contributed by atoms with Gasteiger partial charge in [-0.1, -0.05) is 6.42 Å². The molecule has 0 atom stereocenters. The number of rotatable bonds is 7. The second-order valence-electron chi connectivity index (χ2n) is 2.75. The molecule has 0 amide bonds. The molecule has 0 heterocycles. The maximum atomic E-state index is 10.3. The molecule has 0 radical (unpaired) electrons. The zero-order valence-electron chi connectivity index (χ0n) is 7.97. The van der Waals surface area contributed by atoms with E-state index >= 15 is 0 Å². The van der Waals surface area contributed by atoms with Gasteiger partial charge < -0.3 is 5.32 Å². The zero-order valence-corrected chi connectivity index (χ0v) is 7.97. The summed E-state index contributed by atoms with van der Waals surface area (Å²) in [7, 11) is 3.61. The lowest BCUT2D eigenvalue weighted by Crippen LogP contribution is -2.07. The third-order valence-corrected chi connectivity index (χ3v) is 1.78. The second kappa shape index (κ2) is 8.40. The van der Waals surface area contributed by atoms with E-state index in [9.17, 15) is 4.79 Å². The number of nitrogens with zero attached hydrogens (tertiary/aromatic N) is 1. The van der Waals surface area contributed by atoms with Crippen LogP contribution >= 0.6 is 0 Å². The molecule has 0 saturated carbocycles. The number of aldehydes is 1. The smallest absolute Gasteiger partial charge is 0.163 e. The van der Waals surface area contributed by atoms with Crippen molar-refractivity contribution in [1.82, 2.24) is 5.32 Å². The van der Waals surface area contributed by atoms with Gasteiger partial charge in [-0.3, -0.25) is 9.79 Å². The van der Waals surface area contributed by atoms with Crippen LogP contribution in [0.1, 0.15) is 25.7 Å². The van der Waals surface area contributed by atoms with Crippen LogP contribution in [0.25, 0.3) is 0 Å². The molecule has 0 saturated heterocycles. The molecule has 70 valence electrons. The lowest BCUT2D eigenvalue weighted by atomic mass is 10.1. The van der Waals surface area contributed by atoms with Crippen molar-refractivity contribution in [2.24, 2.45) is 4.99 Å². The topological polar surface area (TPSA) is 41.5 Å². The molecule has 0 rings (SSSR count). The fraction of sp³-hybridized carbons (Fsp3) is 0.778. The minimum atomic E-state index is 0.680. The highest BCUT2D eigenvalue weighted by atomic mass is 16.1. The third-order valence-electron chi connectivity index (χ3n) is 1.78. The summed E-state index contributed by atoms with van der Waals surface area (Å²) in [6, 6.07) is 0. The summed E-state index contributed by atoms with van der Waals surface area (Å²) in [5.74, 6) is 0. The summed E-state index contributed by atoms with van der Waals surface area (Å²) < 4.78 is 0. The Labute approximate surface area is 74.3 Å². The Morgan fingerprint density at radius 2 is 2.17 bits per heavy atom. The average molecular weight is 170 g/mol. The second-order valence-corrected chi connectivity index (χ2v) is 2.75. The molecule has 0 unspecified atom stereocenters. The first kappa shape index (κ1) is 11.3. The van der Waals surface area contributed by atoms with Crippen molar-refractivity contribution in [3.63, 3.8) is 0 Å². The Bertz CT molecular complexity index is 143. The van der Waals surface area contributed by atoms with Gasteiger partial charge in [-0.15, -0.1) is 0 Å². The van der Waals surface area contributed by atoms with Crippen molar-refractivity contribution in [2.75, 3.05) is 20.6 Å². The number of carbonyl (C=O) groups is 1. The van der Waals surface area contributed by atoms with Gasteiger partial charge in [0.25, 0.3) is 0 Å².